The Labute approximate surface area is 232 Å². The van der Waals surface area contributed by atoms with E-state index in [1.54, 1.807) is 42.7 Å². The van der Waals surface area contributed by atoms with Crippen LogP contribution in [0.3, 0.4) is 0 Å². The Bertz CT molecular complexity index is 1420. The molecule has 10 nitrogen and oxygen atoms in total. The van der Waals surface area contributed by atoms with Crippen LogP contribution < -0.4 is 26.0 Å². The van der Waals surface area contributed by atoms with E-state index in [0.29, 0.717) is 46.1 Å². The Balaban J connectivity index is 1.44. The molecule has 0 aliphatic heterocycles. The number of aldehydes is 1. The van der Waals surface area contributed by atoms with Crippen molar-refractivity contribution in [2.24, 2.45) is 0 Å². The third-order valence-electron chi connectivity index (χ3n) is 5.83. The molecular formula is C28H31ClN8O2. The minimum atomic E-state index is 0.303. The number of aromatic nitrogens is 3. The van der Waals surface area contributed by atoms with Gasteiger partial charge in [-0.1, -0.05) is 17.7 Å². The van der Waals surface area contributed by atoms with Crippen molar-refractivity contribution >= 4 is 52.4 Å². The first kappa shape index (κ1) is 27.6. The summed E-state index contributed by atoms with van der Waals surface area (Å²) in [6.07, 6.45) is 4.11. The van der Waals surface area contributed by atoms with E-state index in [-0.39, 0.29) is 0 Å². The molecule has 0 saturated heterocycles. The Morgan fingerprint density at radius 1 is 1.00 bits per heavy atom. The molecule has 4 rings (SSSR count). The number of anilines is 6. The van der Waals surface area contributed by atoms with Gasteiger partial charge in [0, 0.05) is 43.8 Å². The van der Waals surface area contributed by atoms with Crippen LogP contribution in [0, 0.1) is 0 Å². The third kappa shape index (κ3) is 7.56. The van der Waals surface area contributed by atoms with E-state index in [1.807, 2.05) is 50.3 Å². The molecule has 0 bridgehead atoms. The number of nitrogens with one attached hydrogen (secondary N) is 2. The van der Waals surface area contributed by atoms with E-state index in [4.69, 9.17) is 22.1 Å². The van der Waals surface area contributed by atoms with Crippen molar-refractivity contribution in [3.63, 3.8) is 0 Å². The van der Waals surface area contributed by atoms with Crippen molar-refractivity contribution in [1.82, 2.24) is 19.9 Å². The first-order valence-electron chi connectivity index (χ1n) is 12.3. The number of halogens is 1. The van der Waals surface area contributed by atoms with Gasteiger partial charge in [-0.25, -0.2) is 4.98 Å². The monoisotopic (exact) mass is 546 g/mol. The highest BCUT2D eigenvalue weighted by molar-refractivity contribution is 6.32. The molecule has 2 aromatic heterocycles. The molecule has 202 valence electrons. The average Bonchev–Trinajstić information content (AvgIpc) is 2.92. The van der Waals surface area contributed by atoms with Gasteiger partial charge < -0.3 is 30.9 Å². The van der Waals surface area contributed by atoms with Gasteiger partial charge in [0.05, 0.1) is 27.8 Å². The van der Waals surface area contributed by atoms with E-state index in [1.165, 1.54) is 0 Å². The van der Waals surface area contributed by atoms with E-state index < -0.39 is 0 Å². The first-order valence-corrected chi connectivity index (χ1v) is 12.6. The van der Waals surface area contributed by atoms with E-state index >= 15 is 0 Å². The van der Waals surface area contributed by atoms with Gasteiger partial charge in [0.1, 0.15) is 18.2 Å². The van der Waals surface area contributed by atoms with Gasteiger partial charge in [-0.05, 0) is 62.6 Å². The maximum atomic E-state index is 11.9. The molecule has 0 radical (unpaired) electrons. The molecule has 0 amide bonds. The molecule has 11 heteroatoms. The first-order chi connectivity index (χ1) is 18.8. The Morgan fingerprint density at radius 3 is 2.56 bits per heavy atom. The second kappa shape index (κ2) is 12.9. The van der Waals surface area contributed by atoms with Gasteiger partial charge in [0.15, 0.2) is 6.29 Å². The number of carbonyl (C=O) groups is 1. The van der Waals surface area contributed by atoms with Crippen LogP contribution in [0.25, 0.3) is 0 Å². The van der Waals surface area contributed by atoms with Crippen LogP contribution in [0.5, 0.6) is 5.75 Å². The molecule has 0 fully saturated rings. The fourth-order valence-electron chi connectivity index (χ4n) is 3.72. The second-order valence-corrected chi connectivity index (χ2v) is 9.52. The summed E-state index contributed by atoms with van der Waals surface area (Å²) in [6, 6.07) is 16.2. The van der Waals surface area contributed by atoms with Crippen LogP contribution in [-0.2, 0) is 6.61 Å². The number of nitrogens with zero attached hydrogens (tertiary/aromatic N) is 5. The van der Waals surface area contributed by atoms with E-state index in [9.17, 15) is 4.79 Å². The van der Waals surface area contributed by atoms with Crippen LogP contribution in [0.2, 0.25) is 5.02 Å². The normalized spacial score (nSPS) is 10.8. The number of pyridine rings is 1. The zero-order valence-corrected chi connectivity index (χ0v) is 22.8. The minimum absolute atomic E-state index is 0.303. The van der Waals surface area contributed by atoms with Gasteiger partial charge in [-0.15, -0.1) is 0 Å². The SMILES string of the molecule is CN(C)CCN(C)c1cc(C=O)c(Nc2nccc(Nc3ccc(OCc4ccccn4)c(Cl)c3)n2)cc1N. The molecule has 39 heavy (non-hydrogen) atoms. The summed E-state index contributed by atoms with van der Waals surface area (Å²) in [5.74, 6) is 1.39. The topological polar surface area (TPSA) is 122 Å². The quantitative estimate of drug-likeness (QED) is 0.165. The summed E-state index contributed by atoms with van der Waals surface area (Å²) in [7, 11) is 5.96. The third-order valence-corrected chi connectivity index (χ3v) is 6.12. The van der Waals surface area contributed by atoms with Crippen LogP contribution in [0.1, 0.15) is 16.1 Å². The maximum absolute atomic E-state index is 11.9. The average molecular weight is 547 g/mol. The predicted molar refractivity (Wildman–Crippen MR) is 157 cm³/mol. The summed E-state index contributed by atoms with van der Waals surface area (Å²) in [6.45, 7) is 1.93. The zero-order valence-electron chi connectivity index (χ0n) is 22.1. The number of nitrogen functional groups attached to an aromatic ring is 1. The molecule has 0 unspecified atom stereocenters. The molecule has 0 saturated carbocycles. The van der Waals surface area contributed by atoms with Crippen molar-refractivity contribution in [2.75, 3.05) is 55.5 Å². The van der Waals surface area contributed by atoms with Crippen molar-refractivity contribution in [2.45, 2.75) is 6.61 Å². The molecule has 2 aromatic carbocycles. The number of ether oxygens (including phenoxy) is 1. The zero-order chi connectivity index (χ0) is 27.8. The Kier molecular flexibility index (Phi) is 9.14. The number of nitrogens with two attached hydrogens (primary N) is 1. The lowest BCUT2D eigenvalue weighted by Crippen LogP contribution is -2.29. The molecule has 0 aliphatic carbocycles. The summed E-state index contributed by atoms with van der Waals surface area (Å²) >= 11 is 6.44. The number of hydrogen-bond donors (Lipinski definition) is 3. The van der Waals surface area contributed by atoms with Gasteiger partial charge >= 0.3 is 0 Å². The molecule has 4 N–H and O–H groups in total. The van der Waals surface area contributed by atoms with Crippen LogP contribution in [0.4, 0.5) is 34.5 Å². The summed E-state index contributed by atoms with van der Waals surface area (Å²) in [5.41, 5.74) is 10.1. The van der Waals surface area contributed by atoms with Crippen molar-refractivity contribution in [1.29, 1.82) is 0 Å². The van der Waals surface area contributed by atoms with Gasteiger partial charge in [0.25, 0.3) is 0 Å². The predicted octanol–water partition coefficient (Wildman–Crippen LogP) is 4.98. The Morgan fingerprint density at radius 2 is 1.85 bits per heavy atom. The molecule has 0 spiro atoms. The summed E-state index contributed by atoms with van der Waals surface area (Å²) in [5, 5.41) is 6.77. The molecular weight excluding hydrogens is 516 g/mol. The van der Waals surface area contributed by atoms with Crippen molar-refractivity contribution in [3.8, 4) is 5.75 Å². The largest absolute Gasteiger partial charge is 0.486 e. The van der Waals surface area contributed by atoms with Gasteiger partial charge in [-0.3, -0.25) is 9.78 Å². The van der Waals surface area contributed by atoms with Crippen LogP contribution >= 0.6 is 11.6 Å². The fraction of sp³-hybridized carbons (Fsp3) is 0.214. The lowest BCUT2D eigenvalue weighted by Gasteiger charge is -2.24. The highest BCUT2D eigenvalue weighted by atomic mass is 35.5. The standard InChI is InChI=1S/C28H31ClN8O2/c1-36(2)12-13-37(3)25-14-19(17-38)24(16-23(25)30)34-28-32-11-9-27(35-28)33-20-7-8-26(22(29)15-20)39-18-21-6-4-5-10-31-21/h4-11,14-17H,12-13,18,30H2,1-3H3,(H2,32,33,34,35). The number of carbonyl (C=O) groups excluding carboxylic acids is 1. The molecule has 2 heterocycles. The minimum Gasteiger partial charge on any atom is -0.486 e. The van der Waals surface area contributed by atoms with Crippen molar-refractivity contribution < 1.29 is 9.53 Å². The smallest absolute Gasteiger partial charge is 0.229 e. The van der Waals surface area contributed by atoms with Gasteiger partial charge in [0.2, 0.25) is 5.95 Å². The fourth-order valence-corrected chi connectivity index (χ4v) is 3.95. The number of likely N-dealkylation sites (N-methyl/N-ethyl adjacent to an activating group) is 2. The maximum Gasteiger partial charge on any atom is 0.229 e. The molecule has 0 atom stereocenters. The molecule has 0 aliphatic rings. The molecule has 4 aromatic rings. The Hall–Kier alpha value is -4.41. The number of rotatable bonds is 12. The van der Waals surface area contributed by atoms with Gasteiger partial charge in [-0.2, -0.15) is 4.98 Å². The number of benzene rings is 2. The summed E-state index contributed by atoms with van der Waals surface area (Å²) < 4.78 is 5.79. The lowest BCUT2D eigenvalue weighted by molar-refractivity contribution is 0.112. The second-order valence-electron chi connectivity index (χ2n) is 9.11. The highest BCUT2D eigenvalue weighted by Gasteiger charge is 2.13. The summed E-state index contributed by atoms with van der Waals surface area (Å²) in [4.78, 5) is 29.0. The lowest BCUT2D eigenvalue weighted by atomic mass is 10.1. The van der Waals surface area contributed by atoms with Crippen LogP contribution in [-0.4, -0.2) is 60.4 Å². The van der Waals surface area contributed by atoms with Crippen LogP contribution in [0.15, 0.2) is 67.0 Å². The van der Waals surface area contributed by atoms with Crippen molar-refractivity contribution in [3.05, 3.63) is 83.3 Å². The van der Waals surface area contributed by atoms with E-state index in [2.05, 4.69) is 30.5 Å². The highest BCUT2D eigenvalue weighted by Crippen LogP contribution is 2.32. The van der Waals surface area contributed by atoms with E-state index in [0.717, 1.165) is 36.4 Å². The number of hydrogen-bond acceptors (Lipinski definition) is 10.